The minimum atomic E-state index is -3.45. The zero-order valence-electron chi connectivity index (χ0n) is 26.3. The van der Waals surface area contributed by atoms with E-state index in [0.29, 0.717) is 23.7 Å². The molecule has 1 aliphatic heterocycles. The van der Waals surface area contributed by atoms with Gasteiger partial charge in [-0.1, -0.05) is 19.1 Å². The number of ether oxygens (including phenoxy) is 3. The van der Waals surface area contributed by atoms with Crippen molar-refractivity contribution in [2.24, 2.45) is 0 Å². The maximum Gasteiger partial charge on any atom is 0.345 e. The second-order valence-electron chi connectivity index (χ2n) is 11.0. The molecule has 0 spiro atoms. The van der Waals surface area contributed by atoms with Crippen LogP contribution in [0.5, 0.6) is 5.88 Å². The summed E-state index contributed by atoms with van der Waals surface area (Å²) in [5.74, 6) is -1.08. The molecule has 0 saturated carbocycles. The Bertz CT molecular complexity index is 1790. The maximum atomic E-state index is 13.3. The number of nitrogens with one attached hydrogen (secondary N) is 1. The van der Waals surface area contributed by atoms with E-state index >= 15 is 0 Å². The van der Waals surface area contributed by atoms with E-state index in [-0.39, 0.29) is 36.0 Å². The number of hydrogen-bond acceptors (Lipinski definition) is 11. The molecule has 0 aliphatic carbocycles. The number of aliphatic carboxylic acids is 1. The van der Waals surface area contributed by atoms with Gasteiger partial charge in [-0.15, -0.1) is 0 Å². The number of anilines is 1. The lowest BCUT2D eigenvalue weighted by molar-refractivity contribution is -0.142. The highest BCUT2D eigenvalue weighted by Crippen LogP contribution is 2.28. The Morgan fingerprint density at radius 3 is 2.49 bits per heavy atom. The highest BCUT2D eigenvalue weighted by atomic mass is 32.2. The van der Waals surface area contributed by atoms with Crippen LogP contribution in [-0.2, 0) is 24.1 Å². The third kappa shape index (κ3) is 9.33. The zero-order valence-corrected chi connectivity index (χ0v) is 27.1. The summed E-state index contributed by atoms with van der Waals surface area (Å²) in [6.07, 6.45) is 6.27. The molecule has 4 heterocycles. The fourth-order valence-electron chi connectivity index (χ4n) is 5.24. The van der Waals surface area contributed by atoms with Gasteiger partial charge in [-0.3, -0.25) is 4.79 Å². The van der Waals surface area contributed by atoms with Crippen molar-refractivity contribution in [3.05, 3.63) is 90.5 Å². The summed E-state index contributed by atoms with van der Waals surface area (Å²) >= 11 is 0. The molecule has 1 aromatic carbocycles. The predicted octanol–water partition coefficient (Wildman–Crippen LogP) is 3.29. The van der Waals surface area contributed by atoms with E-state index in [1.54, 1.807) is 52.4 Å². The summed E-state index contributed by atoms with van der Waals surface area (Å²) in [5, 5.41) is 15.9. The van der Waals surface area contributed by atoms with Gasteiger partial charge in [0.2, 0.25) is 5.88 Å². The Labute approximate surface area is 280 Å². The quantitative estimate of drug-likeness (QED) is 0.175. The molecule has 49 heavy (non-hydrogen) atoms. The third-order valence-corrected chi connectivity index (χ3v) is 9.46. The minimum absolute atomic E-state index is 0.0826. The van der Waals surface area contributed by atoms with Crippen LogP contribution in [0.1, 0.15) is 35.3 Å². The molecule has 14 nitrogen and oxygen atoms in total. The van der Waals surface area contributed by atoms with Gasteiger partial charge in [0.25, 0.3) is 5.91 Å². The average molecular weight is 701 g/mol. The fourth-order valence-corrected chi connectivity index (χ4v) is 6.13. The predicted molar refractivity (Wildman–Crippen MR) is 171 cm³/mol. The van der Waals surface area contributed by atoms with E-state index in [9.17, 15) is 26.8 Å². The van der Waals surface area contributed by atoms with Crippen LogP contribution in [0, 0.1) is 0 Å². The first kappa shape index (κ1) is 35.3. The lowest BCUT2D eigenvalue weighted by Crippen LogP contribution is -2.35. The number of nitrogens with zero attached hydrogens (tertiary/aromatic N) is 5. The van der Waals surface area contributed by atoms with Crippen LogP contribution in [-0.4, -0.2) is 96.0 Å². The van der Waals surface area contributed by atoms with Gasteiger partial charge in [-0.25, -0.2) is 27.9 Å². The van der Waals surface area contributed by atoms with E-state index in [0.717, 1.165) is 5.69 Å². The van der Waals surface area contributed by atoms with Gasteiger partial charge in [0.1, 0.15) is 18.5 Å². The number of carboxylic acid groups (broad SMARTS) is 1. The highest BCUT2D eigenvalue weighted by molar-refractivity contribution is 7.91. The monoisotopic (exact) mass is 700 g/mol. The lowest BCUT2D eigenvalue weighted by Gasteiger charge is -2.25. The van der Waals surface area contributed by atoms with Gasteiger partial charge in [-0.2, -0.15) is 13.9 Å². The van der Waals surface area contributed by atoms with Gasteiger partial charge < -0.3 is 29.5 Å². The van der Waals surface area contributed by atoms with Crippen molar-refractivity contribution >= 4 is 27.5 Å². The largest absolute Gasteiger partial charge is 0.480 e. The van der Waals surface area contributed by atoms with Gasteiger partial charge in [0.15, 0.2) is 9.84 Å². The van der Waals surface area contributed by atoms with E-state index < -0.39 is 53.1 Å². The number of hydrogen-bond donors (Lipinski definition) is 2. The van der Waals surface area contributed by atoms with Crippen LogP contribution in [0.3, 0.4) is 0 Å². The van der Waals surface area contributed by atoms with Crippen molar-refractivity contribution in [3.8, 4) is 11.6 Å². The number of carbonyl (C=O) groups is 2. The van der Waals surface area contributed by atoms with Crippen LogP contribution in [0.25, 0.3) is 5.69 Å². The topological polar surface area (TPSA) is 175 Å². The Morgan fingerprint density at radius 1 is 1.08 bits per heavy atom. The van der Waals surface area contributed by atoms with Crippen molar-refractivity contribution in [2.75, 3.05) is 37.0 Å². The van der Waals surface area contributed by atoms with Crippen LogP contribution in [0.4, 0.5) is 14.6 Å². The Kier molecular flexibility index (Phi) is 11.5. The molecule has 3 atom stereocenters. The minimum Gasteiger partial charge on any atom is -0.480 e. The molecule has 17 heteroatoms. The van der Waals surface area contributed by atoms with Crippen LogP contribution < -0.4 is 15.0 Å². The maximum absolute atomic E-state index is 13.3. The van der Waals surface area contributed by atoms with Crippen LogP contribution in [0.15, 0.2) is 84.3 Å². The Morgan fingerprint density at radius 2 is 1.88 bits per heavy atom. The first-order valence-corrected chi connectivity index (χ1v) is 16.9. The number of aromatic nitrogens is 4. The highest BCUT2D eigenvalue weighted by Gasteiger charge is 2.35. The summed E-state index contributed by atoms with van der Waals surface area (Å²) in [6, 6.07) is 12.9. The summed E-state index contributed by atoms with van der Waals surface area (Å²) < 4.78 is 68.0. The standard InChI is InChI=1S/C32H34F2N6O8S/c1-2-49(44,45)26-8-4-21(5-9-26)27(19-46-20-30(41)42)38-31(43)22-6-10-28(35-15-22)39-17-25(14-24(39)18-47-32(33)34)48-29-11-7-23(16-36-29)40-13-3-12-37-40/h3-13,15-16,24-25,27,32H,2,14,17-20H2,1H3,(H,38,43)(H,41,42)/t24-,25-,27?/m0/s1. The second-order valence-corrected chi connectivity index (χ2v) is 13.3. The van der Waals surface area contributed by atoms with Crippen molar-refractivity contribution in [1.29, 1.82) is 0 Å². The Balaban J connectivity index is 1.27. The van der Waals surface area contributed by atoms with E-state index in [4.69, 9.17) is 14.6 Å². The molecule has 1 amide bonds. The summed E-state index contributed by atoms with van der Waals surface area (Å²) in [6.45, 7) is -2.24. The van der Waals surface area contributed by atoms with E-state index in [1.807, 2.05) is 0 Å². The van der Waals surface area contributed by atoms with Crippen molar-refractivity contribution < 1.29 is 46.1 Å². The Hall–Kier alpha value is -5.00. The summed E-state index contributed by atoms with van der Waals surface area (Å²) in [4.78, 5) is 34.9. The number of carbonyl (C=O) groups excluding carboxylic acids is 1. The summed E-state index contributed by atoms with van der Waals surface area (Å²) in [5.41, 5.74) is 1.39. The van der Waals surface area contributed by atoms with Gasteiger partial charge in [0, 0.05) is 31.1 Å². The van der Waals surface area contributed by atoms with Crippen LogP contribution in [0.2, 0.25) is 0 Å². The number of benzene rings is 1. The molecule has 2 N–H and O–H groups in total. The van der Waals surface area contributed by atoms with Gasteiger partial charge >= 0.3 is 12.6 Å². The lowest BCUT2D eigenvalue weighted by atomic mass is 10.1. The number of sulfone groups is 1. The number of amides is 1. The van der Waals surface area contributed by atoms with E-state index in [2.05, 4.69) is 25.1 Å². The second kappa shape index (κ2) is 15.9. The number of alkyl halides is 2. The molecular weight excluding hydrogens is 666 g/mol. The average Bonchev–Trinajstić information content (AvgIpc) is 3.78. The fraction of sp³-hybridized carbons (Fsp3) is 0.344. The molecule has 0 radical (unpaired) electrons. The molecule has 5 rings (SSSR count). The number of rotatable bonds is 16. The van der Waals surface area contributed by atoms with Crippen LogP contribution >= 0.6 is 0 Å². The number of halogens is 2. The molecule has 3 aromatic heterocycles. The molecular formula is C32H34F2N6O8S. The zero-order chi connectivity index (χ0) is 35.0. The van der Waals surface area contributed by atoms with Crippen molar-refractivity contribution in [2.45, 2.75) is 43.0 Å². The molecule has 260 valence electrons. The third-order valence-electron chi connectivity index (χ3n) is 7.71. The SMILES string of the molecule is CCS(=O)(=O)c1ccc(C(COCC(=O)O)NC(=O)c2ccc(N3C[C@@H](Oc4ccc(-n5cccn5)cn4)C[C@H]3COC(F)F)nc2)cc1. The van der Waals surface area contributed by atoms with Crippen molar-refractivity contribution in [1.82, 2.24) is 25.1 Å². The van der Waals surface area contributed by atoms with Crippen molar-refractivity contribution in [3.63, 3.8) is 0 Å². The molecule has 1 fully saturated rings. The molecule has 0 bridgehead atoms. The number of pyridine rings is 2. The summed E-state index contributed by atoms with van der Waals surface area (Å²) in [7, 11) is -3.45. The molecule has 4 aromatic rings. The molecule has 1 unspecified atom stereocenters. The molecule has 1 saturated heterocycles. The van der Waals surface area contributed by atoms with E-state index in [1.165, 1.54) is 43.5 Å². The van der Waals surface area contributed by atoms with Gasteiger partial charge in [-0.05, 0) is 42.0 Å². The van der Waals surface area contributed by atoms with Gasteiger partial charge in [0.05, 0.1) is 59.9 Å². The normalized spacial score (nSPS) is 16.9. The first-order valence-electron chi connectivity index (χ1n) is 15.2. The smallest absolute Gasteiger partial charge is 0.345 e. The number of carboxylic acids is 1. The first-order chi connectivity index (χ1) is 23.5. The molecule has 1 aliphatic rings.